The molecule has 2 N–H and O–H groups in total. The standard InChI is InChI=1S/C22H25F2N9O2/c1-12(31(2)21(34)17-10-26-33(29-17)14-6-7-35-11-14)4-3-5-18-27-20-15-8-13(23)9-16(24)19(15)28-22(25)32(20)30-18/h8-10,12,14H,3-7,11H2,1-2H3,(H2,25,28)/t12-,14?/m0/s1. The highest BCUT2D eigenvalue weighted by atomic mass is 19.1. The Kier molecular flexibility index (Phi) is 6.01. The Labute approximate surface area is 198 Å². The van der Waals surface area contributed by atoms with Gasteiger partial charge in [-0.2, -0.15) is 14.4 Å². The van der Waals surface area contributed by atoms with Gasteiger partial charge in [-0.15, -0.1) is 10.2 Å². The van der Waals surface area contributed by atoms with Crippen LogP contribution in [0, 0.1) is 11.6 Å². The summed E-state index contributed by atoms with van der Waals surface area (Å²) in [6.45, 7) is 3.17. The number of hydrogen-bond acceptors (Lipinski definition) is 8. The Hall–Kier alpha value is -3.74. The Morgan fingerprint density at radius 3 is 2.91 bits per heavy atom. The molecule has 4 heterocycles. The first-order valence-electron chi connectivity index (χ1n) is 11.4. The van der Waals surface area contributed by atoms with E-state index < -0.39 is 11.6 Å². The van der Waals surface area contributed by atoms with Gasteiger partial charge in [0.15, 0.2) is 23.0 Å². The van der Waals surface area contributed by atoms with E-state index in [1.807, 2.05) is 6.92 Å². The number of nitrogens with zero attached hydrogens (tertiary/aromatic N) is 8. The maximum atomic E-state index is 14.1. The van der Waals surface area contributed by atoms with Gasteiger partial charge in [-0.1, -0.05) is 0 Å². The third kappa shape index (κ3) is 4.38. The fourth-order valence-corrected chi connectivity index (χ4v) is 4.19. The lowest BCUT2D eigenvalue weighted by atomic mass is 10.1. The van der Waals surface area contributed by atoms with Crippen LogP contribution in [0.4, 0.5) is 14.7 Å². The van der Waals surface area contributed by atoms with Gasteiger partial charge in [0.1, 0.15) is 11.3 Å². The SMILES string of the molecule is C[C@@H](CCCc1nc2c3cc(F)cc(F)c3nc(N)n2n1)N(C)C(=O)c1cnn(C2CCOC2)n1. The number of anilines is 1. The Morgan fingerprint density at radius 2 is 2.14 bits per heavy atom. The van der Waals surface area contributed by atoms with Crippen molar-refractivity contribution in [2.45, 2.75) is 44.7 Å². The minimum atomic E-state index is -0.808. The number of fused-ring (bicyclic) bond motifs is 3. The van der Waals surface area contributed by atoms with Crippen LogP contribution in [0.5, 0.6) is 0 Å². The Bertz CT molecular complexity index is 1400. The minimum absolute atomic E-state index is 0.0346. The molecule has 1 unspecified atom stereocenters. The molecule has 1 aliphatic rings. The summed E-state index contributed by atoms with van der Waals surface area (Å²) in [4.78, 5) is 24.5. The first-order valence-corrected chi connectivity index (χ1v) is 11.4. The molecule has 0 radical (unpaired) electrons. The van der Waals surface area contributed by atoms with E-state index >= 15 is 0 Å². The second-order valence-electron chi connectivity index (χ2n) is 8.74. The van der Waals surface area contributed by atoms with E-state index in [2.05, 4.69) is 25.3 Å². The van der Waals surface area contributed by atoms with E-state index in [0.717, 1.165) is 18.6 Å². The lowest BCUT2D eigenvalue weighted by Gasteiger charge is -2.23. The fraction of sp³-hybridized carbons (Fsp3) is 0.455. The lowest BCUT2D eigenvalue weighted by molar-refractivity contribution is 0.0728. The van der Waals surface area contributed by atoms with Crippen LogP contribution in [0.2, 0.25) is 0 Å². The van der Waals surface area contributed by atoms with Crippen molar-refractivity contribution < 1.29 is 18.3 Å². The van der Waals surface area contributed by atoms with Crippen molar-refractivity contribution in [3.05, 3.63) is 41.5 Å². The average molecular weight is 485 g/mol. The number of ether oxygens (including phenoxy) is 1. The van der Waals surface area contributed by atoms with Crippen LogP contribution < -0.4 is 5.73 Å². The summed E-state index contributed by atoms with van der Waals surface area (Å²) in [6, 6.07) is 1.91. The zero-order valence-corrected chi connectivity index (χ0v) is 19.4. The third-order valence-corrected chi connectivity index (χ3v) is 6.33. The van der Waals surface area contributed by atoms with Gasteiger partial charge in [-0.05, 0) is 32.3 Å². The molecule has 0 aliphatic carbocycles. The summed E-state index contributed by atoms with van der Waals surface area (Å²) >= 11 is 0. The van der Waals surface area contributed by atoms with E-state index in [-0.39, 0.29) is 40.5 Å². The molecule has 1 aliphatic heterocycles. The van der Waals surface area contributed by atoms with Crippen molar-refractivity contribution >= 4 is 28.4 Å². The van der Waals surface area contributed by atoms with Gasteiger partial charge in [0.05, 0.1) is 24.2 Å². The molecule has 5 rings (SSSR count). The lowest BCUT2D eigenvalue weighted by Crippen LogP contribution is -2.35. The molecule has 2 atom stereocenters. The van der Waals surface area contributed by atoms with Gasteiger partial charge in [-0.25, -0.2) is 18.7 Å². The molecule has 13 heteroatoms. The molecule has 35 heavy (non-hydrogen) atoms. The first kappa shape index (κ1) is 23.0. The van der Waals surface area contributed by atoms with Crippen LogP contribution in [0.25, 0.3) is 16.6 Å². The number of amides is 1. The number of halogens is 2. The molecule has 0 saturated carbocycles. The number of nitrogens with two attached hydrogens (primary N) is 1. The number of carbonyl (C=O) groups excluding carboxylic acids is 1. The van der Waals surface area contributed by atoms with E-state index in [0.29, 0.717) is 44.0 Å². The van der Waals surface area contributed by atoms with Gasteiger partial charge in [0, 0.05) is 32.2 Å². The predicted octanol–water partition coefficient (Wildman–Crippen LogP) is 2.17. The molecule has 0 bridgehead atoms. The van der Waals surface area contributed by atoms with Crippen LogP contribution in [-0.2, 0) is 11.2 Å². The summed E-state index contributed by atoms with van der Waals surface area (Å²) in [5, 5.41) is 13.1. The highest BCUT2D eigenvalue weighted by molar-refractivity contribution is 5.93. The van der Waals surface area contributed by atoms with Gasteiger partial charge < -0.3 is 15.4 Å². The highest BCUT2D eigenvalue weighted by Crippen LogP contribution is 2.24. The largest absolute Gasteiger partial charge is 0.379 e. The molecule has 3 aromatic heterocycles. The summed E-state index contributed by atoms with van der Waals surface area (Å²) in [7, 11) is 1.73. The number of nitrogen functional groups attached to an aromatic ring is 1. The number of aromatic nitrogens is 7. The molecule has 184 valence electrons. The monoisotopic (exact) mass is 485 g/mol. The van der Waals surface area contributed by atoms with Crippen molar-refractivity contribution in [1.82, 2.24) is 39.5 Å². The summed E-state index contributed by atoms with van der Waals surface area (Å²) in [6.07, 6.45) is 4.16. The molecular formula is C22H25F2N9O2. The molecule has 1 aromatic carbocycles. The number of benzene rings is 1. The fourth-order valence-electron chi connectivity index (χ4n) is 4.19. The smallest absolute Gasteiger partial charge is 0.276 e. The van der Waals surface area contributed by atoms with Crippen LogP contribution in [0.15, 0.2) is 18.3 Å². The van der Waals surface area contributed by atoms with E-state index in [9.17, 15) is 13.6 Å². The number of aryl methyl sites for hydroxylation is 1. The second kappa shape index (κ2) is 9.13. The van der Waals surface area contributed by atoms with E-state index in [4.69, 9.17) is 10.5 Å². The van der Waals surface area contributed by atoms with Crippen LogP contribution >= 0.6 is 0 Å². The van der Waals surface area contributed by atoms with Crippen molar-refractivity contribution in [2.24, 2.45) is 0 Å². The second-order valence-corrected chi connectivity index (χ2v) is 8.74. The van der Waals surface area contributed by atoms with Gasteiger partial charge in [-0.3, -0.25) is 4.79 Å². The summed E-state index contributed by atoms with van der Waals surface area (Å²) < 4.78 is 34.5. The minimum Gasteiger partial charge on any atom is -0.379 e. The average Bonchev–Trinajstić information content (AvgIpc) is 3.59. The van der Waals surface area contributed by atoms with Crippen LogP contribution in [0.3, 0.4) is 0 Å². The van der Waals surface area contributed by atoms with Gasteiger partial charge in [0.2, 0.25) is 5.95 Å². The van der Waals surface area contributed by atoms with Gasteiger partial charge in [0.25, 0.3) is 5.91 Å². The normalized spacial score (nSPS) is 16.9. The number of rotatable bonds is 7. The van der Waals surface area contributed by atoms with Gasteiger partial charge >= 0.3 is 0 Å². The molecular weight excluding hydrogens is 460 g/mol. The summed E-state index contributed by atoms with van der Waals surface area (Å²) in [5.74, 6) is -1.31. The Morgan fingerprint density at radius 1 is 1.31 bits per heavy atom. The molecule has 4 aromatic rings. The molecule has 11 nitrogen and oxygen atoms in total. The quantitative estimate of drug-likeness (QED) is 0.422. The van der Waals surface area contributed by atoms with E-state index in [1.165, 1.54) is 10.7 Å². The van der Waals surface area contributed by atoms with Crippen LogP contribution in [0.1, 0.15) is 48.5 Å². The molecule has 0 spiro atoms. The third-order valence-electron chi connectivity index (χ3n) is 6.33. The number of carbonyl (C=O) groups is 1. The van der Waals surface area contributed by atoms with Crippen molar-refractivity contribution in [1.29, 1.82) is 0 Å². The zero-order chi connectivity index (χ0) is 24.7. The molecule has 1 amide bonds. The number of hydrogen-bond donors (Lipinski definition) is 1. The molecule has 1 saturated heterocycles. The maximum Gasteiger partial charge on any atom is 0.276 e. The Balaban J connectivity index is 1.24. The highest BCUT2D eigenvalue weighted by Gasteiger charge is 2.24. The van der Waals surface area contributed by atoms with Crippen molar-refractivity contribution in [3.8, 4) is 0 Å². The maximum absolute atomic E-state index is 14.1. The molecule has 1 fully saturated rings. The predicted molar refractivity (Wildman–Crippen MR) is 122 cm³/mol. The van der Waals surface area contributed by atoms with Crippen molar-refractivity contribution in [3.63, 3.8) is 0 Å². The van der Waals surface area contributed by atoms with Crippen LogP contribution in [-0.4, -0.2) is 71.7 Å². The zero-order valence-electron chi connectivity index (χ0n) is 19.4. The van der Waals surface area contributed by atoms with E-state index in [1.54, 1.807) is 16.7 Å². The topological polar surface area (TPSA) is 129 Å². The van der Waals surface area contributed by atoms with Crippen molar-refractivity contribution in [2.75, 3.05) is 26.0 Å². The first-order chi connectivity index (χ1) is 16.8. The summed E-state index contributed by atoms with van der Waals surface area (Å²) in [5.41, 5.74) is 6.40.